The zero-order valence-electron chi connectivity index (χ0n) is 11.9. The molecule has 102 valence electrons. The fourth-order valence-electron chi connectivity index (χ4n) is 1.75. The maximum absolute atomic E-state index is 11.8. The monoisotopic (exact) mass is 260 g/mol. The molecule has 5 nitrogen and oxygen atoms in total. The highest BCUT2D eigenvalue weighted by Gasteiger charge is 2.16. The molecule has 0 aromatic carbocycles. The van der Waals surface area contributed by atoms with Gasteiger partial charge in [-0.25, -0.2) is 4.98 Å². The summed E-state index contributed by atoms with van der Waals surface area (Å²) in [7, 11) is 0. The average Bonchev–Trinajstić information content (AvgIpc) is 2.35. The fraction of sp³-hybridized carbons (Fsp3) is 0.500. The van der Waals surface area contributed by atoms with Gasteiger partial charge < -0.3 is 10.6 Å². The lowest BCUT2D eigenvalue weighted by atomic mass is 10.1. The van der Waals surface area contributed by atoms with Gasteiger partial charge in [-0.05, 0) is 38.8 Å². The molecule has 1 aromatic heterocycles. The molecule has 0 radical (unpaired) electrons. The van der Waals surface area contributed by atoms with Crippen LogP contribution in [0.4, 0.5) is 5.82 Å². The van der Waals surface area contributed by atoms with Gasteiger partial charge in [0.1, 0.15) is 17.9 Å². The summed E-state index contributed by atoms with van der Waals surface area (Å²) in [5.41, 5.74) is 2.17. The number of pyridine rings is 1. The van der Waals surface area contributed by atoms with E-state index >= 15 is 0 Å². The maximum atomic E-state index is 11.8. The lowest BCUT2D eigenvalue weighted by Gasteiger charge is -2.16. The van der Waals surface area contributed by atoms with Crippen molar-refractivity contribution in [1.29, 1.82) is 5.26 Å². The number of carbonyl (C=O) groups excluding carboxylic acids is 1. The van der Waals surface area contributed by atoms with Crippen molar-refractivity contribution in [2.24, 2.45) is 0 Å². The van der Waals surface area contributed by atoms with Crippen molar-refractivity contribution >= 4 is 11.7 Å². The average molecular weight is 260 g/mol. The van der Waals surface area contributed by atoms with E-state index < -0.39 is 6.04 Å². The van der Waals surface area contributed by atoms with Gasteiger partial charge in [-0.2, -0.15) is 5.26 Å². The van der Waals surface area contributed by atoms with E-state index in [4.69, 9.17) is 5.26 Å². The van der Waals surface area contributed by atoms with Crippen molar-refractivity contribution in [2.45, 2.75) is 40.2 Å². The molecular formula is C14H20N4O. The first-order valence-electron chi connectivity index (χ1n) is 6.42. The van der Waals surface area contributed by atoms with Crippen LogP contribution in [0.25, 0.3) is 0 Å². The molecule has 0 spiro atoms. The molecule has 0 saturated heterocycles. The van der Waals surface area contributed by atoms with Crippen LogP contribution in [0.5, 0.6) is 0 Å². The summed E-state index contributed by atoms with van der Waals surface area (Å²) < 4.78 is 0. The molecule has 19 heavy (non-hydrogen) atoms. The number of hydrogen-bond acceptors (Lipinski definition) is 4. The summed E-state index contributed by atoms with van der Waals surface area (Å²) in [6.45, 7) is 8.13. The second kappa shape index (κ2) is 6.74. The molecule has 0 aliphatic rings. The van der Waals surface area contributed by atoms with E-state index in [1.165, 1.54) is 0 Å². The van der Waals surface area contributed by atoms with Gasteiger partial charge in [-0.3, -0.25) is 4.79 Å². The molecule has 1 aromatic rings. The number of nitrogens with one attached hydrogen (secondary N) is 2. The Bertz CT molecular complexity index is 505. The van der Waals surface area contributed by atoms with Crippen LogP contribution in [-0.2, 0) is 4.79 Å². The van der Waals surface area contributed by atoms with Crippen LogP contribution in [0.3, 0.4) is 0 Å². The Kier molecular flexibility index (Phi) is 5.31. The quantitative estimate of drug-likeness (QED) is 0.847. The van der Waals surface area contributed by atoms with E-state index in [0.717, 1.165) is 17.7 Å². The number of hydrogen-bond donors (Lipinski definition) is 2. The summed E-state index contributed by atoms with van der Waals surface area (Å²) in [5, 5.41) is 15.0. The van der Waals surface area contributed by atoms with Gasteiger partial charge in [0.2, 0.25) is 5.91 Å². The standard InChI is InChI=1S/C14H20N4O/c1-5-6-16-14(19)11(4)18-13-12(8-15)9(2)7-10(3)17-13/h7,11H,5-6H2,1-4H3,(H,16,19)(H,17,18). The van der Waals surface area contributed by atoms with Gasteiger partial charge in [0, 0.05) is 12.2 Å². The third-order valence-electron chi connectivity index (χ3n) is 2.75. The summed E-state index contributed by atoms with van der Waals surface area (Å²) >= 11 is 0. The van der Waals surface area contributed by atoms with Crippen LogP contribution >= 0.6 is 0 Å². The number of rotatable bonds is 5. The number of aryl methyl sites for hydroxylation is 2. The largest absolute Gasteiger partial charge is 0.358 e. The van der Waals surface area contributed by atoms with E-state index in [9.17, 15) is 4.79 Å². The van der Waals surface area contributed by atoms with Crippen molar-refractivity contribution < 1.29 is 4.79 Å². The highest BCUT2D eigenvalue weighted by molar-refractivity contribution is 5.84. The molecule has 0 saturated carbocycles. The number of nitriles is 1. The van der Waals surface area contributed by atoms with Gasteiger partial charge in [-0.15, -0.1) is 0 Å². The molecule has 1 unspecified atom stereocenters. The first-order chi connectivity index (χ1) is 8.99. The zero-order valence-corrected chi connectivity index (χ0v) is 11.9. The van der Waals surface area contributed by atoms with Crippen LogP contribution in [0, 0.1) is 25.2 Å². The normalized spacial score (nSPS) is 11.5. The Hall–Kier alpha value is -2.09. The van der Waals surface area contributed by atoms with Gasteiger partial charge in [0.15, 0.2) is 0 Å². The van der Waals surface area contributed by atoms with E-state index in [1.807, 2.05) is 26.8 Å². The lowest BCUT2D eigenvalue weighted by Crippen LogP contribution is -2.38. The molecular weight excluding hydrogens is 240 g/mol. The smallest absolute Gasteiger partial charge is 0.242 e. The Morgan fingerprint density at radius 1 is 1.53 bits per heavy atom. The molecule has 1 heterocycles. The number of amides is 1. The molecule has 2 N–H and O–H groups in total. The van der Waals surface area contributed by atoms with Crippen molar-refractivity contribution in [3.63, 3.8) is 0 Å². The van der Waals surface area contributed by atoms with Crippen LogP contribution in [0.15, 0.2) is 6.07 Å². The number of carbonyl (C=O) groups is 1. The number of nitrogens with zero attached hydrogens (tertiary/aromatic N) is 2. The molecule has 0 aliphatic heterocycles. The van der Waals surface area contributed by atoms with E-state index in [1.54, 1.807) is 6.92 Å². The minimum atomic E-state index is -0.424. The Balaban J connectivity index is 2.87. The van der Waals surface area contributed by atoms with Crippen LogP contribution < -0.4 is 10.6 Å². The van der Waals surface area contributed by atoms with Crippen molar-refractivity contribution in [1.82, 2.24) is 10.3 Å². The maximum Gasteiger partial charge on any atom is 0.242 e. The number of aromatic nitrogens is 1. The fourth-order valence-corrected chi connectivity index (χ4v) is 1.75. The first-order valence-corrected chi connectivity index (χ1v) is 6.42. The predicted octanol–water partition coefficient (Wildman–Crippen LogP) is 1.90. The van der Waals surface area contributed by atoms with E-state index in [2.05, 4.69) is 21.7 Å². The van der Waals surface area contributed by atoms with Gasteiger partial charge >= 0.3 is 0 Å². The second-order valence-electron chi connectivity index (χ2n) is 4.57. The van der Waals surface area contributed by atoms with Crippen LogP contribution in [0.1, 0.15) is 37.1 Å². The summed E-state index contributed by atoms with van der Waals surface area (Å²) in [6, 6.07) is 3.55. The topological polar surface area (TPSA) is 77.8 Å². The molecule has 1 rings (SSSR count). The van der Waals surface area contributed by atoms with E-state index in [0.29, 0.717) is 17.9 Å². The van der Waals surface area contributed by atoms with Crippen molar-refractivity contribution in [2.75, 3.05) is 11.9 Å². The summed E-state index contributed by atoms with van der Waals surface area (Å²) in [5.74, 6) is 0.380. The number of anilines is 1. The molecule has 0 fully saturated rings. The zero-order chi connectivity index (χ0) is 14.4. The third kappa shape index (κ3) is 3.95. The third-order valence-corrected chi connectivity index (χ3v) is 2.75. The minimum Gasteiger partial charge on any atom is -0.358 e. The van der Waals surface area contributed by atoms with Gasteiger partial charge in [0.25, 0.3) is 0 Å². The molecule has 1 amide bonds. The van der Waals surface area contributed by atoms with Crippen molar-refractivity contribution in [3.05, 3.63) is 22.9 Å². The Labute approximate surface area is 114 Å². The molecule has 0 aliphatic carbocycles. The van der Waals surface area contributed by atoms with Gasteiger partial charge in [0.05, 0.1) is 5.56 Å². The molecule has 0 bridgehead atoms. The lowest BCUT2D eigenvalue weighted by molar-refractivity contribution is -0.121. The Morgan fingerprint density at radius 2 is 2.21 bits per heavy atom. The highest BCUT2D eigenvalue weighted by atomic mass is 16.2. The minimum absolute atomic E-state index is 0.0910. The summed E-state index contributed by atoms with van der Waals surface area (Å²) in [6.07, 6.45) is 0.893. The summed E-state index contributed by atoms with van der Waals surface area (Å²) in [4.78, 5) is 16.1. The second-order valence-corrected chi connectivity index (χ2v) is 4.57. The van der Waals surface area contributed by atoms with Crippen molar-refractivity contribution in [3.8, 4) is 6.07 Å². The highest BCUT2D eigenvalue weighted by Crippen LogP contribution is 2.18. The molecule has 1 atom stereocenters. The van der Waals surface area contributed by atoms with Crippen LogP contribution in [0.2, 0.25) is 0 Å². The first kappa shape index (κ1) is 15.0. The Morgan fingerprint density at radius 3 is 2.79 bits per heavy atom. The van der Waals surface area contributed by atoms with Gasteiger partial charge in [-0.1, -0.05) is 6.92 Å². The predicted molar refractivity (Wildman–Crippen MR) is 74.8 cm³/mol. The molecule has 5 heteroatoms. The van der Waals surface area contributed by atoms with Crippen LogP contribution in [-0.4, -0.2) is 23.5 Å². The SMILES string of the molecule is CCCNC(=O)C(C)Nc1nc(C)cc(C)c1C#N. The van der Waals surface area contributed by atoms with E-state index in [-0.39, 0.29) is 5.91 Å².